The van der Waals surface area contributed by atoms with Crippen LogP contribution in [0.5, 0.6) is 0 Å². The highest BCUT2D eigenvalue weighted by Crippen LogP contribution is 2.27. The molecule has 5 heteroatoms. The van der Waals surface area contributed by atoms with Gasteiger partial charge in [0.05, 0.1) is 0 Å². The summed E-state index contributed by atoms with van der Waals surface area (Å²) in [6.45, 7) is 0. The summed E-state index contributed by atoms with van der Waals surface area (Å²) in [5.41, 5.74) is 0. The van der Waals surface area contributed by atoms with Crippen LogP contribution in [0.1, 0.15) is 44.9 Å². The van der Waals surface area contributed by atoms with Gasteiger partial charge in [0.25, 0.3) is 0 Å². The van der Waals surface area contributed by atoms with E-state index >= 15 is 0 Å². The number of Topliss-reactive ketones (excluding diaryl/α,β-unsaturated/α-hetero) is 1. The minimum atomic E-state index is -1.45. The average Bonchev–Trinajstić information content (AvgIpc) is 2.29. The van der Waals surface area contributed by atoms with E-state index in [-0.39, 0.29) is 12.2 Å². The third-order valence-electron chi connectivity index (χ3n) is 3.27. The Morgan fingerprint density at radius 2 is 1.65 bits per heavy atom. The zero-order valence-corrected chi connectivity index (χ0v) is 9.72. The molecule has 0 aliphatic heterocycles. The van der Waals surface area contributed by atoms with Crippen molar-refractivity contribution in [2.45, 2.75) is 44.9 Å². The van der Waals surface area contributed by atoms with Gasteiger partial charge in [-0.2, -0.15) is 0 Å². The predicted octanol–water partition coefficient (Wildman–Crippen LogP) is 1.70. The minimum Gasteiger partial charge on any atom is -0.481 e. The molecule has 1 atom stereocenters. The quantitative estimate of drug-likeness (QED) is 0.735. The number of carboxylic acids is 2. The van der Waals surface area contributed by atoms with E-state index in [1.807, 2.05) is 0 Å². The third kappa shape index (κ3) is 4.17. The maximum absolute atomic E-state index is 11.6. The molecule has 1 unspecified atom stereocenters. The van der Waals surface area contributed by atoms with Crippen molar-refractivity contribution in [1.82, 2.24) is 0 Å². The van der Waals surface area contributed by atoms with Crippen molar-refractivity contribution in [2.75, 3.05) is 0 Å². The van der Waals surface area contributed by atoms with Gasteiger partial charge in [-0.15, -0.1) is 0 Å². The van der Waals surface area contributed by atoms with E-state index in [1.165, 1.54) is 0 Å². The van der Waals surface area contributed by atoms with Crippen molar-refractivity contribution in [1.29, 1.82) is 0 Å². The molecule has 0 radical (unpaired) electrons. The summed E-state index contributed by atoms with van der Waals surface area (Å²) in [4.78, 5) is 33.4. The number of aliphatic carboxylic acids is 2. The predicted molar refractivity (Wildman–Crippen MR) is 59.6 cm³/mol. The van der Waals surface area contributed by atoms with Crippen LogP contribution in [0.25, 0.3) is 0 Å². The molecule has 1 rings (SSSR count). The van der Waals surface area contributed by atoms with Crippen LogP contribution in [0.3, 0.4) is 0 Å². The lowest BCUT2D eigenvalue weighted by Crippen LogP contribution is -2.32. The SMILES string of the molecule is O=C1CCCCCCC(C(C(=O)O)C(=O)O)C1. The van der Waals surface area contributed by atoms with Gasteiger partial charge < -0.3 is 10.2 Å². The van der Waals surface area contributed by atoms with Gasteiger partial charge in [0.15, 0.2) is 5.92 Å². The highest BCUT2D eigenvalue weighted by atomic mass is 16.4. The highest BCUT2D eigenvalue weighted by Gasteiger charge is 2.35. The molecular weight excluding hydrogens is 224 g/mol. The van der Waals surface area contributed by atoms with Gasteiger partial charge >= 0.3 is 11.9 Å². The van der Waals surface area contributed by atoms with Gasteiger partial charge in [-0.1, -0.05) is 19.3 Å². The van der Waals surface area contributed by atoms with Crippen molar-refractivity contribution < 1.29 is 24.6 Å². The number of ketones is 1. The van der Waals surface area contributed by atoms with Gasteiger partial charge in [-0.05, 0) is 18.8 Å². The Labute approximate surface area is 99.8 Å². The number of hydrogen-bond donors (Lipinski definition) is 2. The summed E-state index contributed by atoms with van der Waals surface area (Å²) in [6, 6.07) is 0. The fourth-order valence-corrected chi connectivity index (χ4v) is 2.37. The van der Waals surface area contributed by atoms with Crippen molar-refractivity contribution in [2.24, 2.45) is 11.8 Å². The Morgan fingerprint density at radius 1 is 1.06 bits per heavy atom. The van der Waals surface area contributed by atoms with Crippen LogP contribution in [0, 0.1) is 11.8 Å². The molecule has 1 aliphatic rings. The topological polar surface area (TPSA) is 91.7 Å². The summed E-state index contributed by atoms with van der Waals surface area (Å²) in [6.07, 6.45) is 4.57. The van der Waals surface area contributed by atoms with Crippen molar-refractivity contribution in [3.8, 4) is 0 Å². The largest absolute Gasteiger partial charge is 0.481 e. The van der Waals surface area contributed by atoms with E-state index in [0.29, 0.717) is 12.8 Å². The van der Waals surface area contributed by atoms with E-state index in [2.05, 4.69) is 0 Å². The molecule has 0 aromatic heterocycles. The van der Waals surface area contributed by atoms with E-state index in [4.69, 9.17) is 10.2 Å². The fourth-order valence-electron chi connectivity index (χ4n) is 2.37. The van der Waals surface area contributed by atoms with Crippen LogP contribution in [0.15, 0.2) is 0 Å². The van der Waals surface area contributed by atoms with E-state index in [1.54, 1.807) is 0 Å². The van der Waals surface area contributed by atoms with E-state index in [0.717, 1.165) is 25.7 Å². The first-order valence-electron chi connectivity index (χ1n) is 5.99. The van der Waals surface area contributed by atoms with Crippen LogP contribution in [-0.4, -0.2) is 27.9 Å². The average molecular weight is 242 g/mol. The van der Waals surface area contributed by atoms with Crippen LogP contribution in [0.4, 0.5) is 0 Å². The maximum atomic E-state index is 11.6. The molecule has 0 heterocycles. The lowest BCUT2D eigenvalue weighted by atomic mass is 9.84. The van der Waals surface area contributed by atoms with Crippen molar-refractivity contribution in [3.05, 3.63) is 0 Å². The van der Waals surface area contributed by atoms with Crippen LogP contribution >= 0.6 is 0 Å². The highest BCUT2D eigenvalue weighted by molar-refractivity contribution is 5.94. The van der Waals surface area contributed by atoms with Crippen LogP contribution in [-0.2, 0) is 14.4 Å². The summed E-state index contributed by atoms with van der Waals surface area (Å²) < 4.78 is 0. The van der Waals surface area contributed by atoms with E-state index < -0.39 is 23.8 Å². The normalized spacial score (nSPS) is 22.6. The molecule has 2 N–H and O–H groups in total. The lowest BCUT2D eigenvalue weighted by Gasteiger charge is -2.19. The van der Waals surface area contributed by atoms with Crippen LogP contribution in [0.2, 0.25) is 0 Å². The first kappa shape index (κ1) is 13.7. The first-order valence-corrected chi connectivity index (χ1v) is 5.99. The molecule has 0 aromatic carbocycles. The van der Waals surface area contributed by atoms with Gasteiger partial charge in [0.2, 0.25) is 0 Å². The van der Waals surface area contributed by atoms with Crippen molar-refractivity contribution in [3.63, 3.8) is 0 Å². The number of hydrogen-bond acceptors (Lipinski definition) is 3. The second-order valence-corrected chi connectivity index (χ2v) is 4.61. The maximum Gasteiger partial charge on any atom is 0.318 e. The Balaban J connectivity index is 2.78. The van der Waals surface area contributed by atoms with Gasteiger partial charge in [0, 0.05) is 12.8 Å². The first-order chi connectivity index (χ1) is 8.02. The molecule has 17 heavy (non-hydrogen) atoms. The van der Waals surface area contributed by atoms with E-state index in [9.17, 15) is 14.4 Å². The molecule has 0 bridgehead atoms. The number of carbonyl (C=O) groups excluding carboxylic acids is 1. The smallest absolute Gasteiger partial charge is 0.318 e. The Kier molecular flexibility index (Phi) is 5.12. The summed E-state index contributed by atoms with van der Waals surface area (Å²) in [5.74, 6) is -4.69. The molecule has 1 fully saturated rings. The van der Waals surface area contributed by atoms with Crippen LogP contribution < -0.4 is 0 Å². The molecule has 5 nitrogen and oxygen atoms in total. The molecule has 0 spiro atoms. The summed E-state index contributed by atoms with van der Waals surface area (Å²) in [7, 11) is 0. The molecule has 1 saturated carbocycles. The molecule has 0 aromatic rings. The second kappa shape index (κ2) is 6.37. The summed E-state index contributed by atoms with van der Waals surface area (Å²) in [5, 5.41) is 17.8. The number of rotatable bonds is 3. The second-order valence-electron chi connectivity index (χ2n) is 4.61. The third-order valence-corrected chi connectivity index (χ3v) is 3.27. The standard InChI is InChI=1S/C12H18O5/c13-9-6-4-2-1-3-5-8(7-9)10(11(14)15)12(16)17/h8,10H,1-7H2,(H,14,15)(H,16,17). The molecule has 0 saturated heterocycles. The zero-order chi connectivity index (χ0) is 12.8. The Bertz CT molecular complexity index is 296. The molecule has 0 amide bonds. The van der Waals surface area contributed by atoms with Gasteiger partial charge in [0.1, 0.15) is 5.78 Å². The number of carbonyl (C=O) groups is 3. The Morgan fingerprint density at radius 3 is 2.24 bits per heavy atom. The minimum absolute atomic E-state index is 0.00981. The lowest BCUT2D eigenvalue weighted by molar-refractivity contribution is -0.157. The molecule has 1 aliphatic carbocycles. The monoisotopic (exact) mass is 242 g/mol. The van der Waals surface area contributed by atoms with Gasteiger partial charge in [-0.25, -0.2) is 0 Å². The van der Waals surface area contributed by atoms with Crippen molar-refractivity contribution >= 4 is 17.7 Å². The molecular formula is C12H18O5. The van der Waals surface area contributed by atoms with Gasteiger partial charge in [-0.3, -0.25) is 14.4 Å². The Hall–Kier alpha value is -1.39. The zero-order valence-electron chi connectivity index (χ0n) is 9.72. The summed E-state index contributed by atoms with van der Waals surface area (Å²) >= 11 is 0. The number of carboxylic acid groups (broad SMARTS) is 2. The fraction of sp³-hybridized carbons (Fsp3) is 0.750. The molecule has 96 valence electrons.